The van der Waals surface area contributed by atoms with Crippen molar-refractivity contribution in [3.8, 4) is 11.8 Å². The molecule has 1 N–H and O–H groups in total. The number of hydrogen-bond acceptors (Lipinski definition) is 3. The molecule has 0 aliphatic heterocycles. The van der Waals surface area contributed by atoms with Crippen LogP contribution in [0.4, 0.5) is 0 Å². The van der Waals surface area contributed by atoms with Crippen molar-refractivity contribution in [2.24, 2.45) is 0 Å². The van der Waals surface area contributed by atoms with Crippen molar-refractivity contribution >= 4 is 21.8 Å². The number of methoxy groups -OCH3 is 1. The Labute approximate surface area is 109 Å². The van der Waals surface area contributed by atoms with Crippen LogP contribution in [0.5, 0.6) is 5.75 Å². The number of carbonyl (C=O) groups is 1. The zero-order valence-electron chi connectivity index (χ0n) is 9.50. The number of halogens is 1. The quantitative estimate of drug-likeness (QED) is 0.907. The van der Waals surface area contributed by atoms with E-state index in [2.05, 4.69) is 21.2 Å². The van der Waals surface area contributed by atoms with Gasteiger partial charge in [0.05, 0.1) is 17.7 Å². The van der Waals surface area contributed by atoms with E-state index in [4.69, 9.17) is 10.00 Å². The van der Waals surface area contributed by atoms with E-state index in [1.807, 2.05) is 24.3 Å². The van der Waals surface area contributed by atoms with Crippen LogP contribution in [0.1, 0.15) is 18.4 Å². The zero-order valence-corrected chi connectivity index (χ0v) is 11.1. The molecule has 0 heterocycles. The third kappa shape index (κ3) is 4.45. The fourth-order valence-electron chi connectivity index (χ4n) is 1.28. The first-order chi connectivity index (χ1) is 8.17. The summed E-state index contributed by atoms with van der Waals surface area (Å²) in [6.07, 6.45) is 0.492. The van der Waals surface area contributed by atoms with Crippen LogP contribution in [0, 0.1) is 11.3 Å². The van der Waals surface area contributed by atoms with Gasteiger partial charge in [-0.2, -0.15) is 5.26 Å². The van der Waals surface area contributed by atoms with Gasteiger partial charge in [-0.05, 0) is 33.6 Å². The number of benzene rings is 1. The predicted octanol–water partition coefficient (Wildman–Crippen LogP) is 2.38. The number of rotatable bonds is 5. The second-order valence-corrected chi connectivity index (χ2v) is 4.26. The molecular formula is C12H13BrN2O2. The van der Waals surface area contributed by atoms with Crippen LogP contribution in [0.3, 0.4) is 0 Å². The Morgan fingerprint density at radius 1 is 1.59 bits per heavy atom. The van der Waals surface area contributed by atoms with E-state index in [0.29, 0.717) is 6.54 Å². The lowest BCUT2D eigenvalue weighted by Gasteiger charge is -2.07. The van der Waals surface area contributed by atoms with Crippen LogP contribution >= 0.6 is 15.9 Å². The summed E-state index contributed by atoms with van der Waals surface area (Å²) in [5.74, 6) is 0.642. The van der Waals surface area contributed by atoms with Crippen LogP contribution in [0.25, 0.3) is 0 Å². The Morgan fingerprint density at radius 2 is 2.35 bits per heavy atom. The van der Waals surface area contributed by atoms with E-state index < -0.39 is 0 Å². The van der Waals surface area contributed by atoms with Crippen LogP contribution in [-0.2, 0) is 11.3 Å². The fraction of sp³-hybridized carbons (Fsp3) is 0.333. The van der Waals surface area contributed by atoms with E-state index in [0.717, 1.165) is 15.8 Å². The lowest BCUT2D eigenvalue weighted by molar-refractivity contribution is -0.121. The molecule has 0 atom stereocenters. The fourth-order valence-corrected chi connectivity index (χ4v) is 1.87. The molecule has 1 amide bonds. The minimum atomic E-state index is -0.113. The van der Waals surface area contributed by atoms with Crippen molar-refractivity contribution in [1.29, 1.82) is 5.26 Å². The molecule has 17 heavy (non-hydrogen) atoms. The van der Waals surface area contributed by atoms with Crippen LogP contribution < -0.4 is 10.1 Å². The molecule has 0 radical (unpaired) electrons. The van der Waals surface area contributed by atoms with Gasteiger partial charge in [0, 0.05) is 19.4 Å². The Hall–Kier alpha value is -1.54. The Balaban J connectivity index is 2.50. The molecule has 0 aliphatic rings. The summed E-state index contributed by atoms with van der Waals surface area (Å²) < 4.78 is 5.96. The molecule has 90 valence electrons. The molecule has 0 aromatic heterocycles. The largest absolute Gasteiger partial charge is 0.496 e. The number of carbonyl (C=O) groups excluding carboxylic acids is 1. The van der Waals surface area contributed by atoms with Gasteiger partial charge in [-0.15, -0.1) is 0 Å². The summed E-state index contributed by atoms with van der Waals surface area (Å²) in [5.41, 5.74) is 0.975. The molecule has 0 saturated carbocycles. The number of nitrogens with zero attached hydrogens (tertiary/aromatic N) is 1. The number of amides is 1. The van der Waals surface area contributed by atoms with Gasteiger partial charge >= 0.3 is 0 Å². The summed E-state index contributed by atoms with van der Waals surface area (Å²) in [5, 5.41) is 11.1. The van der Waals surface area contributed by atoms with Crippen LogP contribution in [0.15, 0.2) is 22.7 Å². The van der Waals surface area contributed by atoms with Gasteiger partial charge in [-0.3, -0.25) is 4.79 Å². The monoisotopic (exact) mass is 296 g/mol. The highest BCUT2D eigenvalue weighted by Crippen LogP contribution is 2.25. The molecule has 0 fully saturated rings. The van der Waals surface area contributed by atoms with Crippen molar-refractivity contribution < 1.29 is 9.53 Å². The highest BCUT2D eigenvalue weighted by molar-refractivity contribution is 9.10. The third-order valence-electron chi connectivity index (χ3n) is 2.17. The molecule has 4 nitrogen and oxygen atoms in total. The summed E-state index contributed by atoms with van der Waals surface area (Å²) in [4.78, 5) is 11.3. The summed E-state index contributed by atoms with van der Waals surface area (Å²) in [6, 6.07) is 7.55. The summed E-state index contributed by atoms with van der Waals surface area (Å²) in [7, 11) is 1.60. The van der Waals surface area contributed by atoms with Gasteiger partial charge in [0.25, 0.3) is 0 Å². The van der Waals surface area contributed by atoms with Gasteiger partial charge in [0.1, 0.15) is 5.75 Å². The van der Waals surface area contributed by atoms with Gasteiger partial charge in [0.2, 0.25) is 5.91 Å². The van der Waals surface area contributed by atoms with Crippen LogP contribution in [0.2, 0.25) is 0 Å². The van der Waals surface area contributed by atoms with Gasteiger partial charge < -0.3 is 10.1 Å². The average molecular weight is 297 g/mol. The second-order valence-electron chi connectivity index (χ2n) is 3.40. The highest BCUT2D eigenvalue weighted by Gasteiger charge is 2.03. The predicted molar refractivity (Wildman–Crippen MR) is 67.4 cm³/mol. The van der Waals surface area contributed by atoms with E-state index in [-0.39, 0.29) is 18.7 Å². The van der Waals surface area contributed by atoms with Crippen molar-refractivity contribution in [3.05, 3.63) is 28.2 Å². The van der Waals surface area contributed by atoms with E-state index in [1.165, 1.54) is 0 Å². The zero-order chi connectivity index (χ0) is 12.7. The molecule has 0 aliphatic carbocycles. The number of nitriles is 1. The minimum Gasteiger partial charge on any atom is -0.496 e. The van der Waals surface area contributed by atoms with E-state index in [1.54, 1.807) is 7.11 Å². The summed E-state index contributed by atoms with van der Waals surface area (Å²) in [6.45, 7) is 0.451. The van der Waals surface area contributed by atoms with Crippen molar-refractivity contribution in [2.45, 2.75) is 19.4 Å². The molecule has 0 bridgehead atoms. The molecule has 0 spiro atoms. The maximum atomic E-state index is 11.3. The minimum absolute atomic E-state index is 0.113. The standard InChI is InChI=1S/C12H13BrN2O2/c1-17-11-5-4-9(7-10(11)13)8-15-12(16)3-2-6-14/h4-5,7H,2-3,8H2,1H3,(H,15,16). The molecular weight excluding hydrogens is 284 g/mol. The Morgan fingerprint density at radius 3 is 2.94 bits per heavy atom. The SMILES string of the molecule is COc1ccc(CNC(=O)CCC#N)cc1Br. The van der Waals surface area contributed by atoms with Gasteiger partial charge in [-0.25, -0.2) is 0 Å². The Bertz CT molecular complexity index is 441. The summed E-state index contributed by atoms with van der Waals surface area (Å²) >= 11 is 3.38. The Kier molecular flexibility index (Phi) is 5.50. The van der Waals surface area contributed by atoms with Crippen molar-refractivity contribution in [3.63, 3.8) is 0 Å². The number of ether oxygens (including phenoxy) is 1. The first-order valence-corrected chi connectivity index (χ1v) is 5.92. The molecule has 0 saturated heterocycles. The third-order valence-corrected chi connectivity index (χ3v) is 2.79. The average Bonchev–Trinajstić information content (AvgIpc) is 2.34. The molecule has 1 rings (SSSR count). The first kappa shape index (κ1) is 13.5. The van der Waals surface area contributed by atoms with Crippen molar-refractivity contribution in [2.75, 3.05) is 7.11 Å². The second kappa shape index (κ2) is 6.92. The smallest absolute Gasteiger partial charge is 0.221 e. The highest BCUT2D eigenvalue weighted by atomic mass is 79.9. The lowest BCUT2D eigenvalue weighted by atomic mass is 10.2. The molecule has 1 aromatic rings. The maximum Gasteiger partial charge on any atom is 0.221 e. The maximum absolute atomic E-state index is 11.3. The normalized spacial score (nSPS) is 9.47. The molecule has 1 aromatic carbocycles. The van der Waals surface area contributed by atoms with Crippen molar-refractivity contribution in [1.82, 2.24) is 5.32 Å². The van der Waals surface area contributed by atoms with E-state index >= 15 is 0 Å². The van der Waals surface area contributed by atoms with Gasteiger partial charge in [0.15, 0.2) is 0 Å². The lowest BCUT2D eigenvalue weighted by Crippen LogP contribution is -2.22. The molecule has 0 unspecified atom stereocenters. The number of hydrogen-bond donors (Lipinski definition) is 1. The van der Waals surface area contributed by atoms with E-state index in [9.17, 15) is 4.79 Å². The topological polar surface area (TPSA) is 62.1 Å². The first-order valence-electron chi connectivity index (χ1n) is 5.13. The molecule has 5 heteroatoms. The number of nitrogens with one attached hydrogen (secondary N) is 1. The van der Waals surface area contributed by atoms with Crippen LogP contribution in [-0.4, -0.2) is 13.0 Å². The van der Waals surface area contributed by atoms with Gasteiger partial charge in [-0.1, -0.05) is 6.07 Å².